The highest BCUT2D eigenvalue weighted by molar-refractivity contribution is 6.06. The standard InChI is InChI=1S/C32H47N3O12/c1-18(36)33-27-25(44-20(3)38)16-32(47-29(27)28(46-22(5)40)26(45-21(4)39)17-43-19(2)37)30(41)34(23-12-8-6-9-13-23)31(42)35(32)24-14-10-7-11-15-24/h23-29H,6-17H2,1-5H3,(H,33,36)/t25-,26+,27+,28+,29+,32+/m0/s1. The summed E-state index contributed by atoms with van der Waals surface area (Å²) in [6.45, 7) is 5.16. The number of rotatable bonds is 10. The Hall–Kier alpha value is -3.75. The molecule has 47 heavy (non-hydrogen) atoms. The van der Waals surface area contributed by atoms with Gasteiger partial charge in [0.2, 0.25) is 11.6 Å². The molecule has 2 aliphatic carbocycles. The van der Waals surface area contributed by atoms with Crippen molar-refractivity contribution in [2.75, 3.05) is 6.61 Å². The van der Waals surface area contributed by atoms with Crippen LogP contribution in [0.15, 0.2) is 0 Å². The minimum atomic E-state index is -2.02. The fourth-order valence-electron chi connectivity index (χ4n) is 7.51. The molecule has 0 radical (unpaired) electrons. The van der Waals surface area contributed by atoms with Gasteiger partial charge in [0.1, 0.15) is 18.8 Å². The molecule has 2 aliphatic heterocycles. The molecule has 4 amide bonds. The lowest BCUT2D eigenvalue weighted by Gasteiger charge is -2.51. The van der Waals surface area contributed by atoms with Crippen LogP contribution in [-0.2, 0) is 52.5 Å². The molecule has 0 aromatic rings. The number of nitrogens with one attached hydrogen (secondary N) is 1. The Morgan fingerprint density at radius 1 is 0.809 bits per heavy atom. The lowest BCUT2D eigenvalue weighted by molar-refractivity contribution is -0.260. The first-order valence-electron chi connectivity index (χ1n) is 16.5. The van der Waals surface area contributed by atoms with Crippen molar-refractivity contribution in [3.8, 4) is 0 Å². The van der Waals surface area contributed by atoms with E-state index >= 15 is 0 Å². The third-order valence-electron chi connectivity index (χ3n) is 9.25. The van der Waals surface area contributed by atoms with Crippen LogP contribution in [0.2, 0.25) is 0 Å². The minimum absolute atomic E-state index is 0.312. The average Bonchev–Trinajstić information content (AvgIpc) is 3.20. The van der Waals surface area contributed by atoms with Crippen LogP contribution in [0.3, 0.4) is 0 Å². The van der Waals surface area contributed by atoms with Gasteiger partial charge in [-0.3, -0.25) is 38.6 Å². The first-order chi connectivity index (χ1) is 22.2. The molecule has 0 bridgehead atoms. The number of nitrogens with zero attached hydrogens (tertiary/aromatic N) is 2. The van der Waals surface area contributed by atoms with Crippen molar-refractivity contribution in [1.82, 2.24) is 15.1 Å². The molecule has 6 atom stereocenters. The normalized spacial score (nSPS) is 28.4. The predicted molar refractivity (Wildman–Crippen MR) is 161 cm³/mol. The second-order valence-electron chi connectivity index (χ2n) is 12.9. The van der Waals surface area contributed by atoms with Crippen molar-refractivity contribution in [3.63, 3.8) is 0 Å². The van der Waals surface area contributed by atoms with Gasteiger partial charge in [0.25, 0.3) is 5.91 Å². The number of carbonyl (C=O) groups is 7. The lowest BCUT2D eigenvalue weighted by Crippen LogP contribution is -2.72. The van der Waals surface area contributed by atoms with Crippen molar-refractivity contribution < 1.29 is 57.2 Å². The van der Waals surface area contributed by atoms with E-state index in [-0.39, 0.29) is 18.5 Å². The van der Waals surface area contributed by atoms with E-state index in [1.165, 1.54) is 23.6 Å². The Morgan fingerprint density at radius 2 is 1.38 bits per heavy atom. The second-order valence-corrected chi connectivity index (χ2v) is 12.9. The molecule has 15 heteroatoms. The molecule has 1 spiro atoms. The van der Waals surface area contributed by atoms with E-state index in [1.54, 1.807) is 0 Å². The van der Waals surface area contributed by atoms with Crippen molar-refractivity contribution in [2.45, 2.75) is 154 Å². The Morgan fingerprint density at radius 3 is 1.89 bits per heavy atom. The molecule has 4 fully saturated rings. The zero-order valence-corrected chi connectivity index (χ0v) is 27.8. The molecule has 2 saturated carbocycles. The summed E-state index contributed by atoms with van der Waals surface area (Å²) in [6, 6.07) is -2.50. The summed E-state index contributed by atoms with van der Waals surface area (Å²) in [5, 5.41) is 2.71. The third kappa shape index (κ3) is 8.22. The van der Waals surface area contributed by atoms with E-state index in [9.17, 15) is 33.6 Å². The van der Waals surface area contributed by atoms with Gasteiger partial charge in [-0.1, -0.05) is 38.5 Å². The Bertz CT molecular complexity index is 1230. The highest BCUT2D eigenvalue weighted by atomic mass is 16.6. The minimum Gasteiger partial charge on any atom is -0.462 e. The molecule has 4 aliphatic rings. The summed E-state index contributed by atoms with van der Waals surface area (Å²) in [6.07, 6.45) is 1.58. The van der Waals surface area contributed by atoms with Gasteiger partial charge in [0.05, 0.1) is 6.04 Å². The summed E-state index contributed by atoms with van der Waals surface area (Å²) >= 11 is 0. The van der Waals surface area contributed by atoms with E-state index in [4.69, 9.17) is 23.7 Å². The Labute approximate surface area is 274 Å². The molecule has 15 nitrogen and oxygen atoms in total. The van der Waals surface area contributed by atoms with Crippen molar-refractivity contribution in [2.24, 2.45) is 0 Å². The molecular weight excluding hydrogens is 618 g/mol. The Balaban J connectivity index is 1.91. The van der Waals surface area contributed by atoms with Crippen LogP contribution in [0.4, 0.5) is 4.79 Å². The third-order valence-corrected chi connectivity index (χ3v) is 9.25. The van der Waals surface area contributed by atoms with Crippen LogP contribution in [0, 0.1) is 0 Å². The zero-order chi connectivity index (χ0) is 34.5. The van der Waals surface area contributed by atoms with E-state index in [1.807, 2.05) is 0 Å². The zero-order valence-electron chi connectivity index (χ0n) is 27.8. The van der Waals surface area contributed by atoms with Crippen LogP contribution in [-0.4, -0.2) is 106 Å². The molecule has 0 unspecified atom stereocenters. The maximum absolute atomic E-state index is 14.8. The highest BCUT2D eigenvalue weighted by Crippen LogP contribution is 2.46. The number of hydrogen-bond acceptors (Lipinski definition) is 12. The van der Waals surface area contributed by atoms with Gasteiger partial charge >= 0.3 is 29.9 Å². The first kappa shape index (κ1) is 36.1. The fourth-order valence-corrected chi connectivity index (χ4v) is 7.51. The van der Waals surface area contributed by atoms with Crippen LogP contribution in [0.25, 0.3) is 0 Å². The summed E-state index contributed by atoms with van der Waals surface area (Å²) < 4.78 is 28.8. The van der Waals surface area contributed by atoms with Gasteiger partial charge in [-0.2, -0.15) is 0 Å². The molecule has 0 aromatic carbocycles. The predicted octanol–water partition coefficient (Wildman–Crippen LogP) is 2.26. The van der Waals surface area contributed by atoms with Crippen LogP contribution < -0.4 is 5.32 Å². The number of urea groups is 1. The molecule has 2 saturated heterocycles. The average molecular weight is 666 g/mol. The van der Waals surface area contributed by atoms with Crippen molar-refractivity contribution in [1.29, 1.82) is 0 Å². The maximum Gasteiger partial charge on any atom is 0.330 e. The van der Waals surface area contributed by atoms with Gasteiger partial charge in [0.15, 0.2) is 12.2 Å². The van der Waals surface area contributed by atoms with Crippen LogP contribution in [0.1, 0.15) is 105 Å². The first-order valence-corrected chi connectivity index (χ1v) is 16.5. The molecule has 1 N–H and O–H groups in total. The Kier molecular flexibility index (Phi) is 11.9. The summed E-state index contributed by atoms with van der Waals surface area (Å²) in [5.41, 5.74) is -2.02. The van der Waals surface area contributed by atoms with Gasteiger partial charge in [-0.25, -0.2) is 4.79 Å². The number of hydrogen-bond donors (Lipinski definition) is 1. The maximum atomic E-state index is 14.8. The molecule has 0 aromatic heterocycles. The van der Waals surface area contributed by atoms with Crippen molar-refractivity contribution >= 4 is 41.7 Å². The van der Waals surface area contributed by atoms with E-state index in [2.05, 4.69) is 5.32 Å². The topological polar surface area (TPSA) is 184 Å². The van der Waals surface area contributed by atoms with Gasteiger partial charge < -0.3 is 29.0 Å². The quantitative estimate of drug-likeness (QED) is 0.204. The summed E-state index contributed by atoms with van der Waals surface area (Å²) in [4.78, 5) is 93.8. The largest absolute Gasteiger partial charge is 0.462 e. The van der Waals surface area contributed by atoms with Gasteiger partial charge in [-0.15, -0.1) is 0 Å². The lowest BCUT2D eigenvalue weighted by atomic mass is 9.84. The smallest absolute Gasteiger partial charge is 0.330 e. The van der Waals surface area contributed by atoms with Crippen molar-refractivity contribution in [3.05, 3.63) is 0 Å². The number of carbonyl (C=O) groups excluding carboxylic acids is 7. The van der Waals surface area contributed by atoms with E-state index in [0.29, 0.717) is 25.7 Å². The van der Waals surface area contributed by atoms with Gasteiger partial charge in [0, 0.05) is 53.1 Å². The van der Waals surface area contributed by atoms with Crippen LogP contribution >= 0.6 is 0 Å². The monoisotopic (exact) mass is 665 g/mol. The number of amides is 4. The second kappa shape index (κ2) is 15.4. The van der Waals surface area contributed by atoms with Crippen LogP contribution in [0.5, 0.6) is 0 Å². The number of ether oxygens (including phenoxy) is 5. The SMILES string of the molecule is CC(=O)N[C@H]1[C@H]([C@H](OC(C)=O)[C@@H](COC(C)=O)OC(C)=O)O[C@]2(C[C@@H]1OC(C)=O)C(=O)N(C1CCCCC1)C(=O)N2C1CCCCC1. The fraction of sp³-hybridized carbons (Fsp3) is 0.781. The highest BCUT2D eigenvalue weighted by Gasteiger charge is 2.68. The molecule has 2 heterocycles. The summed E-state index contributed by atoms with van der Waals surface area (Å²) in [5.74, 6) is -4.29. The molecule has 262 valence electrons. The number of imide groups is 1. The molecule has 4 rings (SSSR count). The molecular formula is C32H47N3O12. The van der Waals surface area contributed by atoms with E-state index in [0.717, 1.165) is 59.3 Å². The number of esters is 4. The summed E-state index contributed by atoms with van der Waals surface area (Å²) in [7, 11) is 0. The van der Waals surface area contributed by atoms with E-state index < -0.39 is 84.5 Å². The van der Waals surface area contributed by atoms with Gasteiger partial charge in [-0.05, 0) is 25.7 Å².